The van der Waals surface area contributed by atoms with E-state index in [1.807, 2.05) is 25.1 Å². The van der Waals surface area contributed by atoms with Crippen LogP contribution < -0.4 is 10.4 Å². The average molecular weight is 286 g/mol. The summed E-state index contributed by atoms with van der Waals surface area (Å²) in [4.78, 5) is 15.6. The molecule has 0 N–H and O–H groups in total. The second kappa shape index (κ2) is 6.10. The highest BCUT2D eigenvalue weighted by Crippen LogP contribution is 2.30. The van der Waals surface area contributed by atoms with E-state index in [0.717, 1.165) is 23.4 Å². The Hall–Kier alpha value is -2.14. The van der Waals surface area contributed by atoms with Crippen molar-refractivity contribution in [1.29, 1.82) is 0 Å². The van der Waals surface area contributed by atoms with Gasteiger partial charge in [-0.1, -0.05) is 0 Å². The summed E-state index contributed by atoms with van der Waals surface area (Å²) in [5.41, 5.74) is 3.03. The van der Waals surface area contributed by atoms with Crippen LogP contribution in [0.2, 0.25) is 0 Å². The molecule has 1 aromatic carbocycles. The van der Waals surface area contributed by atoms with E-state index in [-0.39, 0.29) is 5.69 Å². The van der Waals surface area contributed by atoms with Crippen molar-refractivity contribution in [1.82, 2.24) is 9.55 Å². The minimum absolute atomic E-state index is 0.185. The van der Waals surface area contributed by atoms with Crippen molar-refractivity contribution in [3.8, 4) is 17.0 Å². The Morgan fingerprint density at radius 1 is 1.29 bits per heavy atom. The van der Waals surface area contributed by atoms with Crippen LogP contribution in [0.25, 0.3) is 11.3 Å². The van der Waals surface area contributed by atoms with Crippen LogP contribution >= 0.6 is 0 Å². The molecule has 0 atom stereocenters. The maximum atomic E-state index is 11.8. The van der Waals surface area contributed by atoms with Crippen molar-refractivity contribution < 1.29 is 9.47 Å². The van der Waals surface area contributed by atoms with E-state index in [2.05, 4.69) is 11.1 Å². The van der Waals surface area contributed by atoms with Gasteiger partial charge in [-0.25, -0.2) is 9.78 Å². The summed E-state index contributed by atoms with van der Waals surface area (Å²) in [5.74, 6) is 0.846. The van der Waals surface area contributed by atoms with Gasteiger partial charge in [-0.3, -0.25) is 4.57 Å². The van der Waals surface area contributed by atoms with E-state index in [0.29, 0.717) is 26.4 Å². The van der Waals surface area contributed by atoms with Gasteiger partial charge >= 0.3 is 5.69 Å². The molecule has 0 bridgehead atoms. The van der Waals surface area contributed by atoms with E-state index in [4.69, 9.17) is 9.47 Å². The maximum absolute atomic E-state index is 11.8. The van der Waals surface area contributed by atoms with Crippen molar-refractivity contribution in [3.05, 3.63) is 46.5 Å². The lowest BCUT2D eigenvalue weighted by Crippen LogP contribution is -2.27. The van der Waals surface area contributed by atoms with Crippen LogP contribution in [0.4, 0.5) is 0 Å². The van der Waals surface area contributed by atoms with Crippen molar-refractivity contribution >= 4 is 0 Å². The summed E-state index contributed by atoms with van der Waals surface area (Å²) in [6.07, 6.45) is 2.38. The Bertz CT molecular complexity index is 694. The van der Waals surface area contributed by atoms with Crippen molar-refractivity contribution in [2.75, 3.05) is 19.8 Å². The van der Waals surface area contributed by atoms with Crippen molar-refractivity contribution in [3.63, 3.8) is 0 Å². The highest BCUT2D eigenvalue weighted by atomic mass is 16.5. The summed E-state index contributed by atoms with van der Waals surface area (Å²) < 4.78 is 12.7. The second-order valence-corrected chi connectivity index (χ2v) is 4.88. The molecule has 2 heterocycles. The molecule has 110 valence electrons. The number of hydrogen-bond acceptors (Lipinski definition) is 4. The first-order chi connectivity index (χ1) is 10.3. The zero-order valence-electron chi connectivity index (χ0n) is 12.0. The van der Waals surface area contributed by atoms with Gasteiger partial charge in [-0.15, -0.1) is 0 Å². The molecular formula is C16H18N2O3. The largest absolute Gasteiger partial charge is 0.491 e. The fourth-order valence-electron chi connectivity index (χ4n) is 2.60. The first kappa shape index (κ1) is 13.8. The minimum Gasteiger partial charge on any atom is -0.491 e. The molecule has 1 aliphatic heterocycles. The number of aryl methyl sites for hydroxylation is 1. The SMILES string of the molecule is CCOCCOc1ccc2c(c1)CCn1c-2ccnc1=O. The third kappa shape index (κ3) is 2.83. The van der Waals surface area contributed by atoms with Crippen molar-refractivity contribution in [2.24, 2.45) is 0 Å². The van der Waals surface area contributed by atoms with Crippen LogP contribution in [0.15, 0.2) is 35.3 Å². The van der Waals surface area contributed by atoms with E-state index < -0.39 is 0 Å². The molecule has 0 fully saturated rings. The zero-order valence-corrected chi connectivity index (χ0v) is 12.0. The van der Waals surface area contributed by atoms with E-state index >= 15 is 0 Å². The molecule has 5 nitrogen and oxygen atoms in total. The van der Waals surface area contributed by atoms with Crippen LogP contribution in [0.3, 0.4) is 0 Å². The van der Waals surface area contributed by atoms with Gasteiger partial charge in [0.25, 0.3) is 0 Å². The fourth-order valence-corrected chi connectivity index (χ4v) is 2.60. The lowest BCUT2D eigenvalue weighted by molar-refractivity contribution is 0.110. The predicted molar refractivity (Wildman–Crippen MR) is 79.6 cm³/mol. The molecular weight excluding hydrogens is 268 g/mol. The number of ether oxygens (including phenoxy) is 2. The van der Waals surface area contributed by atoms with Gasteiger partial charge in [0.15, 0.2) is 0 Å². The topological polar surface area (TPSA) is 53.4 Å². The maximum Gasteiger partial charge on any atom is 0.347 e. The Balaban J connectivity index is 1.83. The third-order valence-corrected chi connectivity index (χ3v) is 3.60. The van der Waals surface area contributed by atoms with Gasteiger partial charge in [0.1, 0.15) is 12.4 Å². The second-order valence-electron chi connectivity index (χ2n) is 4.88. The third-order valence-electron chi connectivity index (χ3n) is 3.60. The summed E-state index contributed by atoms with van der Waals surface area (Å²) >= 11 is 0. The molecule has 1 aliphatic rings. The van der Waals surface area contributed by atoms with Gasteiger partial charge in [-0.05, 0) is 43.2 Å². The molecule has 0 radical (unpaired) electrons. The molecule has 0 spiro atoms. The Kier molecular flexibility index (Phi) is 4.01. The highest BCUT2D eigenvalue weighted by Gasteiger charge is 2.17. The lowest BCUT2D eigenvalue weighted by Gasteiger charge is -2.21. The zero-order chi connectivity index (χ0) is 14.7. The van der Waals surface area contributed by atoms with Crippen LogP contribution in [0.1, 0.15) is 12.5 Å². The smallest absolute Gasteiger partial charge is 0.347 e. The van der Waals surface area contributed by atoms with Crippen LogP contribution in [-0.4, -0.2) is 29.4 Å². The number of benzene rings is 1. The molecule has 0 aliphatic carbocycles. The number of fused-ring (bicyclic) bond motifs is 3. The number of aromatic nitrogens is 2. The first-order valence-electron chi connectivity index (χ1n) is 7.19. The highest BCUT2D eigenvalue weighted by molar-refractivity contribution is 5.66. The predicted octanol–water partition coefficient (Wildman–Crippen LogP) is 1.88. The lowest BCUT2D eigenvalue weighted by atomic mass is 9.97. The Morgan fingerprint density at radius 3 is 3.05 bits per heavy atom. The van der Waals surface area contributed by atoms with Gasteiger partial charge in [0, 0.05) is 24.9 Å². The number of nitrogens with zero attached hydrogens (tertiary/aromatic N) is 2. The van der Waals surface area contributed by atoms with Crippen LogP contribution in [0, 0.1) is 0 Å². The normalized spacial score (nSPS) is 12.6. The molecule has 0 unspecified atom stereocenters. The van der Waals surface area contributed by atoms with Gasteiger partial charge in [0.2, 0.25) is 0 Å². The quantitative estimate of drug-likeness (QED) is 0.788. The summed E-state index contributed by atoms with van der Waals surface area (Å²) in [6.45, 7) is 4.47. The average Bonchev–Trinajstić information content (AvgIpc) is 2.51. The number of rotatable bonds is 5. The van der Waals surface area contributed by atoms with Crippen LogP contribution in [0.5, 0.6) is 5.75 Å². The van der Waals surface area contributed by atoms with Gasteiger partial charge in [-0.2, -0.15) is 0 Å². The number of hydrogen-bond donors (Lipinski definition) is 0. The summed E-state index contributed by atoms with van der Waals surface area (Å²) in [6, 6.07) is 7.88. The van der Waals surface area contributed by atoms with Crippen LogP contribution in [-0.2, 0) is 17.7 Å². The molecule has 0 saturated heterocycles. The Labute approximate surface area is 123 Å². The molecule has 0 saturated carbocycles. The van der Waals surface area contributed by atoms with E-state index in [1.165, 1.54) is 5.56 Å². The molecule has 21 heavy (non-hydrogen) atoms. The first-order valence-corrected chi connectivity index (χ1v) is 7.19. The summed E-state index contributed by atoms with van der Waals surface area (Å²) in [5, 5.41) is 0. The monoisotopic (exact) mass is 286 g/mol. The minimum atomic E-state index is -0.185. The van der Waals surface area contributed by atoms with E-state index in [1.54, 1.807) is 10.8 Å². The molecule has 2 aromatic rings. The fraction of sp³-hybridized carbons (Fsp3) is 0.375. The summed E-state index contributed by atoms with van der Waals surface area (Å²) in [7, 11) is 0. The van der Waals surface area contributed by atoms with Gasteiger partial charge in [0.05, 0.1) is 12.3 Å². The molecule has 5 heteroatoms. The standard InChI is InChI=1S/C16H18N2O3/c1-2-20-9-10-21-13-3-4-14-12(11-13)6-8-18-15(14)5-7-17-16(18)19/h3-5,7,11H,2,6,8-10H2,1H3. The molecule has 1 aromatic heterocycles. The van der Waals surface area contributed by atoms with Crippen molar-refractivity contribution in [2.45, 2.75) is 19.9 Å². The molecule has 3 rings (SSSR count). The Morgan fingerprint density at radius 2 is 2.19 bits per heavy atom. The van der Waals surface area contributed by atoms with Gasteiger partial charge < -0.3 is 9.47 Å². The molecule has 0 amide bonds. The van der Waals surface area contributed by atoms with E-state index in [9.17, 15) is 4.79 Å².